The van der Waals surface area contributed by atoms with Gasteiger partial charge in [-0.3, -0.25) is 4.79 Å². The zero-order valence-corrected chi connectivity index (χ0v) is 16.0. The van der Waals surface area contributed by atoms with Crippen LogP contribution < -0.4 is 10.6 Å². The Bertz CT molecular complexity index is 930. The Kier molecular flexibility index (Phi) is 6.04. The van der Waals surface area contributed by atoms with Gasteiger partial charge in [0.15, 0.2) is 0 Å². The van der Waals surface area contributed by atoms with Crippen LogP contribution in [0.2, 0.25) is 5.02 Å². The van der Waals surface area contributed by atoms with Crippen LogP contribution in [-0.2, 0) is 6.54 Å². The summed E-state index contributed by atoms with van der Waals surface area (Å²) in [6.45, 7) is 4.22. The first-order valence-electron chi connectivity index (χ1n) is 8.71. The smallest absolute Gasteiger partial charge is 0.270 e. The van der Waals surface area contributed by atoms with Gasteiger partial charge in [-0.2, -0.15) is 0 Å². The number of hydrogen-bond donors (Lipinski definition) is 2. The van der Waals surface area contributed by atoms with Crippen molar-refractivity contribution in [3.8, 4) is 0 Å². The number of aryl methyl sites for hydroxylation is 1. The van der Waals surface area contributed by atoms with Crippen molar-refractivity contribution < 1.29 is 4.79 Å². The molecule has 6 heteroatoms. The van der Waals surface area contributed by atoms with E-state index in [1.165, 1.54) is 0 Å². The SMILES string of the molecule is Cc1nc(NCc2ccccc2Cl)cc(C(=O)NC(C)c2ccccc2)n1. The molecule has 0 radical (unpaired) electrons. The molecule has 5 nitrogen and oxygen atoms in total. The van der Waals surface area contributed by atoms with Crippen LogP contribution in [0, 0.1) is 6.92 Å². The van der Waals surface area contributed by atoms with Crippen molar-refractivity contribution in [1.82, 2.24) is 15.3 Å². The van der Waals surface area contributed by atoms with Crippen LogP contribution in [0.4, 0.5) is 5.82 Å². The molecule has 1 unspecified atom stereocenters. The van der Waals surface area contributed by atoms with Gasteiger partial charge in [0, 0.05) is 17.6 Å². The van der Waals surface area contributed by atoms with Crippen LogP contribution >= 0.6 is 11.6 Å². The van der Waals surface area contributed by atoms with Gasteiger partial charge >= 0.3 is 0 Å². The van der Waals surface area contributed by atoms with E-state index < -0.39 is 0 Å². The summed E-state index contributed by atoms with van der Waals surface area (Å²) in [5, 5.41) is 6.86. The molecular weight excluding hydrogens is 360 g/mol. The normalized spacial score (nSPS) is 11.7. The summed E-state index contributed by atoms with van der Waals surface area (Å²) in [5.74, 6) is 0.870. The maximum absolute atomic E-state index is 12.6. The minimum absolute atomic E-state index is 0.117. The second-order valence-corrected chi connectivity index (χ2v) is 6.64. The Balaban J connectivity index is 1.71. The van der Waals surface area contributed by atoms with Gasteiger partial charge in [-0.05, 0) is 31.0 Å². The van der Waals surface area contributed by atoms with Gasteiger partial charge in [0.05, 0.1) is 6.04 Å². The number of amides is 1. The van der Waals surface area contributed by atoms with Crippen molar-refractivity contribution in [3.05, 3.63) is 88.3 Å². The van der Waals surface area contributed by atoms with E-state index >= 15 is 0 Å². The van der Waals surface area contributed by atoms with Crippen molar-refractivity contribution in [2.75, 3.05) is 5.32 Å². The average molecular weight is 381 g/mol. The molecule has 0 fully saturated rings. The van der Waals surface area contributed by atoms with E-state index in [0.717, 1.165) is 11.1 Å². The van der Waals surface area contributed by atoms with Crippen LogP contribution in [0.5, 0.6) is 0 Å². The third-order valence-corrected chi connectivity index (χ3v) is 4.50. The number of nitrogens with zero attached hydrogens (tertiary/aromatic N) is 2. The Morgan fingerprint density at radius 2 is 1.78 bits per heavy atom. The summed E-state index contributed by atoms with van der Waals surface area (Å²) in [6.07, 6.45) is 0. The molecular formula is C21H21ClN4O. The van der Waals surface area contributed by atoms with Gasteiger partial charge in [0.1, 0.15) is 17.3 Å². The van der Waals surface area contributed by atoms with Crippen molar-refractivity contribution in [2.45, 2.75) is 26.4 Å². The minimum Gasteiger partial charge on any atom is -0.366 e. The number of carbonyl (C=O) groups is 1. The lowest BCUT2D eigenvalue weighted by Crippen LogP contribution is -2.27. The fourth-order valence-corrected chi connectivity index (χ4v) is 2.90. The van der Waals surface area contributed by atoms with Gasteiger partial charge in [-0.25, -0.2) is 9.97 Å². The first-order chi connectivity index (χ1) is 13.0. The number of hydrogen-bond acceptors (Lipinski definition) is 4. The molecule has 3 rings (SSSR count). The Labute approximate surface area is 163 Å². The molecule has 2 N–H and O–H groups in total. The Hall–Kier alpha value is -2.92. The monoisotopic (exact) mass is 380 g/mol. The lowest BCUT2D eigenvalue weighted by atomic mass is 10.1. The van der Waals surface area contributed by atoms with Crippen molar-refractivity contribution >= 4 is 23.3 Å². The van der Waals surface area contributed by atoms with E-state index in [2.05, 4.69) is 20.6 Å². The molecule has 0 aliphatic heterocycles. The third-order valence-electron chi connectivity index (χ3n) is 4.14. The van der Waals surface area contributed by atoms with Gasteiger partial charge in [0.2, 0.25) is 0 Å². The van der Waals surface area contributed by atoms with Crippen molar-refractivity contribution in [1.29, 1.82) is 0 Å². The van der Waals surface area contributed by atoms with Crippen LogP contribution in [0.15, 0.2) is 60.7 Å². The van der Waals surface area contributed by atoms with Crippen LogP contribution in [0.25, 0.3) is 0 Å². The minimum atomic E-state index is -0.238. The Morgan fingerprint density at radius 1 is 1.07 bits per heavy atom. The van der Waals surface area contributed by atoms with Crippen molar-refractivity contribution in [3.63, 3.8) is 0 Å². The molecule has 1 amide bonds. The number of aromatic nitrogens is 2. The zero-order valence-electron chi connectivity index (χ0n) is 15.2. The molecule has 0 spiro atoms. The highest BCUT2D eigenvalue weighted by Gasteiger charge is 2.14. The molecule has 2 aromatic carbocycles. The number of benzene rings is 2. The molecule has 0 aliphatic rings. The average Bonchev–Trinajstić information content (AvgIpc) is 2.67. The lowest BCUT2D eigenvalue weighted by Gasteiger charge is -2.15. The van der Waals surface area contributed by atoms with Crippen LogP contribution in [0.3, 0.4) is 0 Å². The maximum atomic E-state index is 12.6. The van der Waals surface area contributed by atoms with E-state index in [1.807, 2.05) is 61.5 Å². The molecule has 0 saturated carbocycles. The highest BCUT2D eigenvalue weighted by atomic mass is 35.5. The standard InChI is InChI=1S/C21H21ClN4O/c1-14(16-8-4-3-5-9-16)24-21(27)19-12-20(26-15(2)25-19)23-13-17-10-6-7-11-18(17)22/h3-12,14H,13H2,1-2H3,(H,24,27)(H,23,25,26). The van der Waals surface area contributed by atoms with Crippen LogP contribution in [0.1, 0.15) is 40.4 Å². The van der Waals surface area contributed by atoms with Gasteiger partial charge in [0.25, 0.3) is 5.91 Å². The number of nitrogens with one attached hydrogen (secondary N) is 2. The fourth-order valence-electron chi connectivity index (χ4n) is 2.70. The van der Waals surface area contributed by atoms with E-state index in [4.69, 9.17) is 11.6 Å². The molecule has 1 aromatic heterocycles. The third kappa shape index (κ3) is 5.05. The van der Waals surface area contributed by atoms with Crippen LogP contribution in [-0.4, -0.2) is 15.9 Å². The predicted octanol–water partition coefficient (Wildman–Crippen LogP) is 4.54. The Morgan fingerprint density at radius 3 is 2.52 bits per heavy atom. The summed E-state index contributed by atoms with van der Waals surface area (Å²) in [5.41, 5.74) is 2.32. The molecule has 0 saturated heterocycles. The number of anilines is 1. The summed E-state index contributed by atoms with van der Waals surface area (Å²) in [7, 11) is 0. The second kappa shape index (κ2) is 8.64. The summed E-state index contributed by atoms with van der Waals surface area (Å²) in [6, 6.07) is 18.9. The fraction of sp³-hybridized carbons (Fsp3) is 0.190. The number of halogens is 1. The van der Waals surface area contributed by atoms with E-state index in [9.17, 15) is 4.79 Å². The highest BCUT2D eigenvalue weighted by molar-refractivity contribution is 6.31. The van der Waals surface area contributed by atoms with Gasteiger partial charge < -0.3 is 10.6 Å². The summed E-state index contributed by atoms with van der Waals surface area (Å²) in [4.78, 5) is 21.2. The molecule has 138 valence electrons. The van der Waals surface area contributed by atoms with E-state index in [-0.39, 0.29) is 11.9 Å². The molecule has 3 aromatic rings. The first kappa shape index (κ1) is 18.9. The van der Waals surface area contributed by atoms with Crippen molar-refractivity contribution in [2.24, 2.45) is 0 Å². The first-order valence-corrected chi connectivity index (χ1v) is 9.09. The molecule has 0 aliphatic carbocycles. The summed E-state index contributed by atoms with van der Waals surface area (Å²) >= 11 is 6.18. The molecule has 1 atom stereocenters. The quantitative estimate of drug-likeness (QED) is 0.658. The number of carbonyl (C=O) groups excluding carboxylic acids is 1. The van der Waals surface area contributed by atoms with E-state index in [1.54, 1.807) is 13.0 Å². The summed E-state index contributed by atoms with van der Waals surface area (Å²) < 4.78 is 0. The zero-order chi connectivity index (χ0) is 19.2. The molecule has 1 heterocycles. The van der Waals surface area contributed by atoms with Gasteiger partial charge in [-0.15, -0.1) is 0 Å². The number of rotatable bonds is 6. The second-order valence-electron chi connectivity index (χ2n) is 6.24. The topological polar surface area (TPSA) is 66.9 Å². The van der Waals surface area contributed by atoms with Gasteiger partial charge in [-0.1, -0.05) is 60.1 Å². The maximum Gasteiger partial charge on any atom is 0.270 e. The highest BCUT2D eigenvalue weighted by Crippen LogP contribution is 2.17. The lowest BCUT2D eigenvalue weighted by molar-refractivity contribution is 0.0934. The predicted molar refractivity (Wildman–Crippen MR) is 108 cm³/mol. The largest absolute Gasteiger partial charge is 0.366 e. The molecule has 0 bridgehead atoms. The molecule has 27 heavy (non-hydrogen) atoms. The van der Waals surface area contributed by atoms with E-state index in [0.29, 0.717) is 28.9 Å².